The summed E-state index contributed by atoms with van der Waals surface area (Å²) in [7, 11) is 0. The molecule has 1 saturated carbocycles. The zero-order valence-corrected chi connectivity index (χ0v) is 9.61. The maximum atomic E-state index is 9.39. The van der Waals surface area contributed by atoms with Crippen molar-refractivity contribution in [2.24, 2.45) is 0 Å². The molecule has 3 nitrogen and oxygen atoms in total. The molecule has 2 rings (SSSR count). The fourth-order valence-electron chi connectivity index (χ4n) is 2.61. The van der Waals surface area contributed by atoms with Crippen molar-refractivity contribution < 1.29 is 9.84 Å². The molecule has 1 saturated heterocycles. The molecular formula is C12H23NO2. The number of aliphatic hydroxyl groups is 1. The highest BCUT2D eigenvalue weighted by Gasteiger charge is 2.24. The van der Waals surface area contributed by atoms with E-state index in [1.807, 2.05) is 0 Å². The summed E-state index contributed by atoms with van der Waals surface area (Å²) in [6.07, 6.45) is 7.37. The number of hydrogen-bond donors (Lipinski definition) is 2. The SMILES string of the molecule is CC1CCC(CNC2CCC(O)CC2)O1. The van der Waals surface area contributed by atoms with E-state index < -0.39 is 0 Å². The number of aliphatic hydroxyl groups excluding tert-OH is 1. The second-order valence-electron chi connectivity index (χ2n) is 5.06. The first kappa shape index (κ1) is 11.4. The lowest BCUT2D eigenvalue weighted by atomic mass is 9.93. The quantitative estimate of drug-likeness (QED) is 0.745. The van der Waals surface area contributed by atoms with Crippen LogP contribution in [0.5, 0.6) is 0 Å². The van der Waals surface area contributed by atoms with Crippen LogP contribution in [0.3, 0.4) is 0 Å². The van der Waals surface area contributed by atoms with E-state index in [1.165, 1.54) is 12.8 Å². The predicted octanol–water partition coefficient (Wildman–Crippen LogP) is 1.45. The van der Waals surface area contributed by atoms with Gasteiger partial charge in [0.15, 0.2) is 0 Å². The first-order valence-electron chi connectivity index (χ1n) is 6.31. The Balaban J connectivity index is 1.61. The van der Waals surface area contributed by atoms with Crippen LogP contribution in [-0.4, -0.2) is 36.0 Å². The Labute approximate surface area is 92.2 Å². The summed E-state index contributed by atoms with van der Waals surface area (Å²) in [6.45, 7) is 3.14. The zero-order valence-electron chi connectivity index (χ0n) is 9.61. The van der Waals surface area contributed by atoms with Gasteiger partial charge in [0, 0.05) is 12.6 Å². The average molecular weight is 213 g/mol. The molecule has 0 aromatic rings. The lowest BCUT2D eigenvalue weighted by molar-refractivity contribution is 0.0509. The van der Waals surface area contributed by atoms with E-state index in [-0.39, 0.29) is 6.10 Å². The van der Waals surface area contributed by atoms with Crippen molar-refractivity contribution in [1.29, 1.82) is 0 Å². The molecule has 2 N–H and O–H groups in total. The Morgan fingerprint density at radius 1 is 1.13 bits per heavy atom. The minimum atomic E-state index is -0.0502. The van der Waals surface area contributed by atoms with Gasteiger partial charge in [-0.2, -0.15) is 0 Å². The second kappa shape index (κ2) is 5.28. The summed E-state index contributed by atoms with van der Waals surface area (Å²) < 4.78 is 5.76. The summed E-state index contributed by atoms with van der Waals surface area (Å²) in [5, 5.41) is 13.0. The summed E-state index contributed by atoms with van der Waals surface area (Å²) >= 11 is 0. The number of hydrogen-bond acceptors (Lipinski definition) is 3. The second-order valence-corrected chi connectivity index (χ2v) is 5.06. The molecule has 2 aliphatic rings. The molecule has 3 heteroatoms. The van der Waals surface area contributed by atoms with Gasteiger partial charge >= 0.3 is 0 Å². The van der Waals surface area contributed by atoms with Crippen molar-refractivity contribution in [3.63, 3.8) is 0 Å². The van der Waals surface area contributed by atoms with Crippen molar-refractivity contribution in [1.82, 2.24) is 5.32 Å². The molecule has 88 valence electrons. The molecule has 0 aromatic heterocycles. The third kappa shape index (κ3) is 3.44. The maximum absolute atomic E-state index is 9.39. The highest BCUT2D eigenvalue weighted by molar-refractivity contribution is 4.79. The van der Waals surface area contributed by atoms with Crippen LogP contribution in [0.25, 0.3) is 0 Å². The van der Waals surface area contributed by atoms with Crippen LogP contribution in [-0.2, 0) is 4.74 Å². The molecule has 1 aliphatic carbocycles. The van der Waals surface area contributed by atoms with Crippen LogP contribution in [0.4, 0.5) is 0 Å². The third-order valence-electron chi connectivity index (χ3n) is 3.65. The molecule has 1 heterocycles. The fourth-order valence-corrected chi connectivity index (χ4v) is 2.61. The Kier molecular flexibility index (Phi) is 4.00. The molecule has 2 atom stereocenters. The molecule has 0 spiro atoms. The van der Waals surface area contributed by atoms with Gasteiger partial charge in [-0.3, -0.25) is 0 Å². The summed E-state index contributed by atoms with van der Waals surface area (Å²) in [4.78, 5) is 0. The van der Waals surface area contributed by atoms with Crippen molar-refractivity contribution in [3.8, 4) is 0 Å². The normalized spacial score (nSPS) is 42.0. The Morgan fingerprint density at radius 2 is 1.87 bits per heavy atom. The van der Waals surface area contributed by atoms with E-state index in [0.717, 1.165) is 32.2 Å². The lowest BCUT2D eigenvalue weighted by Gasteiger charge is -2.27. The predicted molar refractivity (Wildman–Crippen MR) is 59.8 cm³/mol. The van der Waals surface area contributed by atoms with Crippen LogP contribution in [0.15, 0.2) is 0 Å². The third-order valence-corrected chi connectivity index (χ3v) is 3.65. The van der Waals surface area contributed by atoms with Crippen LogP contribution in [0.2, 0.25) is 0 Å². The molecule has 2 fully saturated rings. The van der Waals surface area contributed by atoms with Gasteiger partial charge in [-0.05, 0) is 45.4 Å². The molecule has 0 radical (unpaired) electrons. The number of nitrogens with one attached hydrogen (secondary N) is 1. The number of ether oxygens (including phenoxy) is 1. The van der Waals surface area contributed by atoms with Gasteiger partial charge < -0.3 is 15.2 Å². The molecule has 15 heavy (non-hydrogen) atoms. The van der Waals surface area contributed by atoms with Gasteiger partial charge in [-0.25, -0.2) is 0 Å². The molecule has 0 aromatic carbocycles. The highest BCUT2D eigenvalue weighted by Crippen LogP contribution is 2.21. The van der Waals surface area contributed by atoms with Crippen LogP contribution in [0, 0.1) is 0 Å². The largest absolute Gasteiger partial charge is 0.393 e. The van der Waals surface area contributed by atoms with Crippen LogP contribution in [0.1, 0.15) is 45.4 Å². The highest BCUT2D eigenvalue weighted by atomic mass is 16.5. The lowest BCUT2D eigenvalue weighted by Crippen LogP contribution is -2.38. The van der Waals surface area contributed by atoms with Gasteiger partial charge in [0.25, 0.3) is 0 Å². The first-order chi connectivity index (χ1) is 7.24. The van der Waals surface area contributed by atoms with Crippen LogP contribution >= 0.6 is 0 Å². The fraction of sp³-hybridized carbons (Fsp3) is 1.00. The van der Waals surface area contributed by atoms with E-state index in [9.17, 15) is 5.11 Å². The van der Waals surface area contributed by atoms with Crippen LogP contribution < -0.4 is 5.32 Å². The molecular weight excluding hydrogens is 190 g/mol. The van der Waals surface area contributed by atoms with E-state index in [2.05, 4.69) is 12.2 Å². The van der Waals surface area contributed by atoms with E-state index in [4.69, 9.17) is 4.74 Å². The molecule has 2 unspecified atom stereocenters. The van der Waals surface area contributed by atoms with Crippen molar-refractivity contribution in [2.45, 2.75) is 69.8 Å². The van der Waals surface area contributed by atoms with E-state index in [0.29, 0.717) is 18.2 Å². The van der Waals surface area contributed by atoms with E-state index >= 15 is 0 Å². The van der Waals surface area contributed by atoms with Gasteiger partial charge in [0.05, 0.1) is 18.3 Å². The first-order valence-corrected chi connectivity index (χ1v) is 6.31. The minimum absolute atomic E-state index is 0.0502. The molecule has 1 aliphatic heterocycles. The maximum Gasteiger partial charge on any atom is 0.0704 e. The Bertz CT molecular complexity index is 190. The molecule has 0 bridgehead atoms. The summed E-state index contributed by atoms with van der Waals surface area (Å²) in [6, 6.07) is 0.605. The average Bonchev–Trinajstić information content (AvgIpc) is 2.64. The van der Waals surface area contributed by atoms with Crippen molar-refractivity contribution >= 4 is 0 Å². The smallest absolute Gasteiger partial charge is 0.0704 e. The monoisotopic (exact) mass is 213 g/mol. The summed E-state index contributed by atoms with van der Waals surface area (Å²) in [5.41, 5.74) is 0. The van der Waals surface area contributed by atoms with Gasteiger partial charge in [0.1, 0.15) is 0 Å². The van der Waals surface area contributed by atoms with Gasteiger partial charge in [-0.15, -0.1) is 0 Å². The van der Waals surface area contributed by atoms with Crippen molar-refractivity contribution in [2.75, 3.05) is 6.54 Å². The number of rotatable bonds is 3. The van der Waals surface area contributed by atoms with E-state index in [1.54, 1.807) is 0 Å². The zero-order chi connectivity index (χ0) is 10.7. The molecule has 0 amide bonds. The summed E-state index contributed by atoms with van der Waals surface area (Å²) in [5.74, 6) is 0. The Morgan fingerprint density at radius 3 is 2.47 bits per heavy atom. The van der Waals surface area contributed by atoms with Gasteiger partial charge in [-0.1, -0.05) is 0 Å². The Hall–Kier alpha value is -0.120. The minimum Gasteiger partial charge on any atom is -0.393 e. The topological polar surface area (TPSA) is 41.5 Å². The van der Waals surface area contributed by atoms with Gasteiger partial charge in [0.2, 0.25) is 0 Å². The standard InChI is InChI=1S/C12H23NO2/c1-9-2-7-12(15-9)8-13-10-3-5-11(14)6-4-10/h9-14H,2-8H2,1H3. The van der Waals surface area contributed by atoms with Crippen molar-refractivity contribution in [3.05, 3.63) is 0 Å².